The van der Waals surface area contributed by atoms with E-state index in [2.05, 4.69) is 20.5 Å². The monoisotopic (exact) mass is 438 g/mol. The van der Waals surface area contributed by atoms with Crippen molar-refractivity contribution in [3.63, 3.8) is 0 Å². The second-order valence-electron chi connectivity index (χ2n) is 6.41. The molecule has 7 heteroatoms. The molecule has 2 N–H and O–H groups in total. The molecule has 1 amide bonds. The Labute approximate surface area is 156 Å². The van der Waals surface area contributed by atoms with E-state index < -0.39 is 0 Å². The molecule has 1 unspecified atom stereocenters. The summed E-state index contributed by atoms with van der Waals surface area (Å²) in [4.78, 5) is 18.4. The van der Waals surface area contributed by atoms with Crippen LogP contribution in [0.1, 0.15) is 38.5 Å². The van der Waals surface area contributed by atoms with Gasteiger partial charge in [0.05, 0.1) is 13.2 Å². The highest BCUT2D eigenvalue weighted by atomic mass is 127. The van der Waals surface area contributed by atoms with Gasteiger partial charge >= 0.3 is 0 Å². The van der Waals surface area contributed by atoms with Crippen LogP contribution in [0.3, 0.4) is 0 Å². The number of halogens is 1. The predicted molar refractivity (Wildman–Crippen MR) is 103 cm³/mol. The molecule has 23 heavy (non-hydrogen) atoms. The van der Waals surface area contributed by atoms with Crippen LogP contribution in [0.15, 0.2) is 4.99 Å². The molecule has 2 rings (SSSR count). The molecule has 1 aliphatic carbocycles. The Morgan fingerprint density at radius 2 is 2.00 bits per heavy atom. The number of guanidine groups is 1. The summed E-state index contributed by atoms with van der Waals surface area (Å²) in [5, 5.41) is 6.27. The first-order valence-electron chi connectivity index (χ1n) is 8.48. The lowest BCUT2D eigenvalue weighted by Crippen LogP contribution is -2.47. The molecular weight excluding hydrogens is 407 g/mol. The standard InChI is InChI=1S/C16H30N4O2.HI/c1-17-16(20(2)11-13-8-9-22-12-13)18-10-15(21)19-14-6-4-3-5-7-14;/h13-14H,3-12H2,1-2H3,(H,17,18)(H,19,21);1H. The van der Waals surface area contributed by atoms with Crippen LogP contribution >= 0.6 is 24.0 Å². The average Bonchev–Trinajstić information content (AvgIpc) is 3.01. The Morgan fingerprint density at radius 1 is 1.26 bits per heavy atom. The fourth-order valence-electron chi connectivity index (χ4n) is 3.27. The summed E-state index contributed by atoms with van der Waals surface area (Å²) in [5.74, 6) is 1.39. The van der Waals surface area contributed by atoms with Crippen LogP contribution < -0.4 is 10.6 Å². The SMILES string of the molecule is CN=C(NCC(=O)NC1CCCCC1)N(C)CC1CCOC1.I. The van der Waals surface area contributed by atoms with Gasteiger partial charge < -0.3 is 20.3 Å². The number of nitrogens with one attached hydrogen (secondary N) is 2. The van der Waals surface area contributed by atoms with Crippen molar-refractivity contribution in [3.8, 4) is 0 Å². The topological polar surface area (TPSA) is 66.0 Å². The highest BCUT2D eigenvalue weighted by Crippen LogP contribution is 2.17. The Bertz CT molecular complexity index is 380. The quantitative estimate of drug-likeness (QED) is 0.389. The van der Waals surface area contributed by atoms with Crippen molar-refractivity contribution in [1.82, 2.24) is 15.5 Å². The maximum atomic E-state index is 12.0. The molecule has 2 aliphatic rings. The smallest absolute Gasteiger partial charge is 0.239 e. The highest BCUT2D eigenvalue weighted by Gasteiger charge is 2.20. The molecule has 2 fully saturated rings. The molecule has 0 spiro atoms. The molecule has 1 atom stereocenters. The minimum atomic E-state index is 0. The molecule has 1 saturated carbocycles. The molecule has 134 valence electrons. The van der Waals surface area contributed by atoms with E-state index in [0.29, 0.717) is 12.0 Å². The van der Waals surface area contributed by atoms with E-state index >= 15 is 0 Å². The average molecular weight is 438 g/mol. The lowest BCUT2D eigenvalue weighted by Gasteiger charge is -2.25. The Kier molecular flexibility index (Phi) is 9.85. The second kappa shape index (κ2) is 11.1. The molecular formula is C16H31IN4O2. The van der Waals surface area contributed by atoms with Gasteiger partial charge in [-0.3, -0.25) is 9.79 Å². The number of nitrogens with zero attached hydrogens (tertiary/aromatic N) is 2. The third-order valence-electron chi connectivity index (χ3n) is 4.51. The van der Waals surface area contributed by atoms with Crippen molar-refractivity contribution in [2.75, 3.05) is 40.4 Å². The van der Waals surface area contributed by atoms with Crippen molar-refractivity contribution in [3.05, 3.63) is 0 Å². The van der Waals surface area contributed by atoms with E-state index in [9.17, 15) is 4.79 Å². The molecule has 6 nitrogen and oxygen atoms in total. The van der Waals surface area contributed by atoms with E-state index in [-0.39, 0.29) is 36.4 Å². The lowest BCUT2D eigenvalue weighted by atomic mass is 9.95. The zero-order chi connectivity index (χ0) is 15.8. The van der Waals surface area contributed by atoms with Gasteiger partial charge in [-0.05, 0) is 19.3 Å². The van der Waals surface area contributed by atoms with Crippen molar-refractivity contribution in [2.45, 2.75) is 44.6 Å². The van der Waals surface area contributed by atoms with Crippen molar-refractivity contribution >= 4 is 35.8 Å². The van der Waals surface area contributed by atoms with Crippen LogP contribution in [0.5, 0.6) is 0 Å². The van der Waals surface area contributed by atoms with Gasteiger partial charge in [-0.25, -0.2) is 0 Å². The number of amides is 1. The summed E-state index contributed by atoms with van der Waals surface area (Å²) in [6, 6.07) is 0.360. The third kappa shape index (κ3) is 7.24. The van der Waals surface area contributed by atoms with Gasteiger partial charge in [-0.2, -0.15) is 0 Å². The maximum Gasteiger partial charge on any atom is 0.239 e. The zero-order valence-corrected chi connectivity index (χ0v) is 16.7. The summed E-state index contributed by atoms with van der Waals surface area (Å²) in [5.41, 5.74) is 0. The van der Waals surface area contributed by atoms with Gasteiger partial charge in [0.1, 0.15) is 0 Å². The van der Waals surface area contributed by atoms with Crippen LogP contribution in [0.2, 0.25) is 0 Å². The second-order valence-corrected chi connectivity index (χ2v) is 6.41. The Balaban J connectivity index is 0.00000264. The first-order chi connectivity index (χ1) is 10.7. The summed E-state index contributed by atoms with van der Waals surface area (Å²) in [6.45, 7) is 2.87. The number of ether oxygens (including phenoxy) is 1. The van der Waals surface area contributed by atoms with Crippen LogP contribution in [-0.4, -0.2) is 63.2 Å². The predicted octanol–water partition coefficient (Wildman–Crippen LogP) is 1.60. The van der Waals surface area contributed by atoms with Crippen LogP contribution in [0.25, 0.3) is 0 Å². The number of carbonyl (C=O) groups excluding carboxylic acids is 1. The zero-order valence-electron chi connectivity index (χ0n) is 14.3. The summed E-state index contributed by atoms with van der Waals surface area (Å²) < 4.78 is 5.40. The van der Waals surface area contributed by atoms with Crippen molar-refractivity contribution in [1.29, 1.82) is 0 Å². The molecule has 1 aliphatic heterocycles. The fraction of sp³-hybridized carbons (Fsp3) is 0.875. The lowest BCUT2D eigenvalue weighted by molar-refractivity contribution is -0.120. The minimum Gasteiger partial charge on any atom is -0.381 e. The fourth-order valence-corrected chi connectivity index (χ4v) is 3.27. The van der Waals surface area contributed by atoms with Gasteiger partial charge in [0.15, 0.2) is 5.96 Å². The van der Waals surface area contributed by atoms with E-state index in [0.717, 1.165) is 45.0 Å². The van der Waals surface area contributed by atoms with E-state index in [1.807, 2.05) is 7.05 Å². The van der Waals surface area contributed by atoms with Gasteiger partial charge in [0.25, 0.3) is 0 Å². The molecule has 0 aromatic rings. The van der Waals surface area contributed by atoms with E-state index in [4.69, 9.17) is 4.74 Å². The first kappa shape index (κ1) is 20.5. The van der Waals surface area contributed by atoms with Crippen LogP contribution in [0.4, 0.5) is 0 Å². The molecule has 1 heterocycles. The van der Waals surface area contributed by atoms with Gasteiger partial charge in [-0.1, -0.05) is 19.3 Å². The van der Waals surface area contributed by atoms with E-state index in [1.165, 1.54) is 19.3 Å². The van der Waals surface area contributed by atoms with Crippen LogP contribution in [-0.2, 0) is 9.53 Å². The molecule has 0 aromatic carbocycles. The van der Waals surface area contributed by atoms with Crippen molar-refractivity contribution in [2.24, 2.45) is 10.9 Å². The van der Waals surface area contributed by atoms with Gasteiger partial charge in [-0.15, -0.1) is 24.0 Å². The summed E-state index contributed by atoms with van der Waals surface area (Å²) in [6.07, 6.45) is 7.08. The van der Waals surface area contributed by atoms with Crippen LogP contribution in [0, 0.1) is 5.92 Å². The highest BCUT2D eigenvalue weighted by molar-refractivity contribution is 14.0. The normalized spacial score (nSPS) is 22.3. The van der Waals surface area contributed by atoms with Gasteiger partial charge in [0.2, 0.25) is 5.91 Å². The summed E-state index contributed by atoms with van der Waals surface area (Å²) >= 11 is 0. The molecule has 0 aromatic heterocycles. The number of carbonyl (C=O) groups is 1. The van der Waals surface area contributed by atoms with E-state index in [1.54, 1.807) is 7.05 Å². The largest absolute Gasteiger partial charge is 0.381 e. The Morgan fingerprint density at radius 3 is 2.61 bits per heavy atom. The number of rotatable bonds is 5. The summed E-state index contributed by atoms with van der Waals surface area (Å²) in [7, 11) is 3.76. The minimum absolute atomic E-state index is 0. The number of aliphatic imine (C=N–C) groups is 1. The molecule has 1 saturated heterocycles. The van der Waals surface area contributed by atoms with Gasteiger partial charge in [0, 0.05) is 39.2 Å². The number of hydrogen-bond acceptors (Lipinski definition) is 3. The first-order valence-corrected chi connectivity index (χ1v) is 8.48. The van der Waals surface area contributed by atoms with Crippen molar-refractivity contribution < 1.29 is 9.53 Å². The molecule has 0 bridgehead atoms. The maximum absolute atomic E-state index is 12.0. The number of hydrogen-bond donors (Lipinski definition) is 2. The Hall–Kier alpha value is -0.570. The molecule has 0 radical (unpaired) electrons. The third-order valence-corrected chi connectivity index (χ3v) is 4.51.